The molecule has 0 heterocycles. The molecule has 8 N–H and O–H groups in total. The molecule has 0 aromatic heterocycles. The van der Waals surface area contributed by atoms with E-state index in [4.69, 9.17) is 17.5 Å². The SMILES string of the molecule is CS(C)=O.N.N.O=S(=O)(O)O. The Morgan fingerprint density at radius 1 is 1.09 bits per heavy atom. The van der Waals surface area contributed by atoms with E-state index in [1.165, 1.54) is 0 Å². The smallest absolute Gasteiger partial charge is 0.344 e. The maximum absolute atomic E-state index is 9.56. The van der Waals surface area contributed by atoms with E-state index in [1.807, 2.05) is 0 Å². The van der Waals surface area contributed by atoms with Crippen molar-refractivity contribution in [3.8, 4) is 0 Å². The summed E-state index contributed by atoms with van der Waals surface area (Å²) in [6.07, 6.45) is 3.28. The molecule has 11 heavy (non-hydrogen) atoms. The molecule has 0 radical (unpaired) electrons. The topological polar surface area (TPSA) is 162 Å². The standard InChI is InChI=1S/C2H6OS.2H3N.H2O4S/c1-4(2)3;;;1-5(2,3)4/h1-2H3;2*1H3;(H2,1,2,3,4). The Morgan fingerprint density at radius 2 is 1.09 bits per heavy atom. The van der Waals surface area contributed by atoms with Gasteiger partial charge in [0.25, 0.3) is 0 Å². The second-order valence-electron chi connectivity index (χ2n) is 1.19. The van der Waals surface area contributed by atoms with Crippen LogP contribution in [0.4, 0.5) is 0 Å². The monoisotopic (exact) mass is 210 g/mol. The van der Waals surface area contributed by atoms with E-state index < -0.39 is 21.2 Å². The van der Waals surface area contributed by atoms with Gasteiger partial charge in [0.15, 0.2) is 0 Å². The molecule has 0 rings (SSSR count). The van der Waals surface area contributed by atoms with Crippen LogP contribution in [0.5, 0.6) is 0 Å². The Balaban J connectivity index is -0.0000000383. The Kier molecular flexibility index (Phi) is 20.3. The van der Waals surface area contributed by atoms with Gasteiger partial charge in [0.1, 0.15) is 0 Å². The third kappa shape index (κ3) is 174000. The van der Waals surface area contributed by atoms with Crippen LogP contribution in [-0.2, 0) is 21.2 Å². The van der Waals surface area contributed by atoms with Crippen LogP contribution in [0, 0.1) is 0 Å². The van der Waals surface area contributed by atoms with E-state index in [-0.39, 0.29) is 12.3 Å². The van der Waals surface area contributed by atoms with E-state index >= 15 is 0 Å². The predicted molar refractivity (Wildman–Crippen MR) is 44.2 cm³/mol. The predicted octanol–water partition coefficient (Wildman–Crippen LogP) is -0.334. The molecule has 0 aromatic carbocycles. The van der Waals surface area contributed by atoms with Gasteiger partial charge in [0, 0.05) is 23.3 Å². The molecule has 0 atom stereocenters. The summed E-state index contributed by atoms with van der Waals surface area (Å²) < 4.78 is 41.1. The molecule has 0 aliphatic carbocycles. The molecule has 0 aromatic rings. The summed E-state index contributed by atoms with van der Waals surface area (Å²) in [7, 11) is -5.28. The number of rotatable bonds is 0. The van der Waals surface area contributed by atoms with Crippen molar-refractivity contribution in [3.63, 3.8) is 0 Å². The zero-order valence-corrected chi connectivity index (χ0v) is 7.98. The molecule has 0 aliphatic heterocycles. The van der Waals surface area contributed by atoms with Crippen LogP contribution in [0.15, 0.2) is 0 Å². The highest BCUT2D eigenvalue weighted by Gasteiger charge is 1.84. The first-order chi connectivity index (χ1) is 3.73. The van der Waals surface area contributed by atoms with Crippen LogP contribution in [0.2, 0.25) is 0 Å². The zero-order chi connectivity index (χ0) is 8.08. The van der Waals surface area contributed by atoms with Gasteiger partial charge in [-0.05, 0) is 0 Å². The molecule has 0 saturated heterocycles. The molecule has 0 aliphatic rings. The molecule has 0 saturated carbocycles. The third-order valence-corrected chi connectivity index (χ3v) is 0. The van der Waals surface area contributed by atoms with Gasteiger partial charge in [-0.25, -0.2) is 0 Å². The van der Waals surface area contributed by atoms with Crippen LogP contribution in [-0.4, -0.2) is 34.2 Å². The molecule has 74 valence electrons. The van der Waals surface area contributed by atoms with Crippen molar-refractivity contribution in [2.24, 2.45) is 0 Å². The lowest BCUT2D eigenvalue weighted by atomic mass is 11.9. The highest BCUT2D eigenvalue weighted by molar-refractivity contribution is 7.83. The normalized spacial score (nSPS) is 8.45. The Hall–Kier alpha value is -0.0600. The summed E-state index contributed by atoms with van der Waals surface area (Å²) >= 11 is 0. The van der Waals surface area contributed by atoms with Gasteiger partial charge < -0.3 is 12.3 Å². The van der Waals surface area contributed by atoms with E-state index in [0.717, 1.165) is 0 Å². The summed E-state index contributed by atoms with van der Waals surface area (Å²) in [4.78, 5) is 0. The molecule has 0 amide bonds. The molecule has 0 spiro atoms. The summed E-state index contributed by atoms with van der Waals surface area (Å²) in [5, 5.41) is 0. The maximum Gasteiger partial charge on any atom is 0.394 e. The van der Waals surface area contributed by atoms with Gasteiger partial charge in [-0.15, -0.1) is 0 Å². The second kappa shape index (κ2) is 9.94. The van der Waals surface area contributed by atoms with E-state index in [0.29, 0.717) is 0 Å². The van der Waals surface area contributed by atoms with Crippen LogP contribution >= 0.6 is 0 Å². The minimum Gasteiger partial charge on any atom is -0.344 e. The van der Waals surface area contributed by atoms with Crippen molar-refractivity contribution in [1.29, 1.82) is 0 Å². The minimum atomic E-state index is -4.67. The lowest BCUT2D eigenvalue weighted by Gasteiger charge is -1.68. The van der Waals surface area contributed by atoms with Gasteiger partial charge in [-0.3, -0.25) is 13.3 Å². The molecular formula is C2H14N2O5S2. The van der Waals surface area contributed by atoms with Crippen molar-refractivity contribution < 1.29 is 21.7 Å². The van der Waals surface area contributed by atoms with Crippen LogP contribution in [0.3, 0.4) is 0 Å². The Labute approximate surface area is 68.4 Å². The quantitative estimate of drug-likeness (QED) is 0.397. The molecule has 0 bridgehead atoms. The Morgan fingerprint density at radius 3 is 1.09 bits per heavy atom. The van der Waals surface area contributed by atoms with E-state index in [1.54, 1.807) is 12.5 Å². The fourth-order valence-electron chi connectivity index (χ4n) is 0. The van der Waals surface area contributed by atoms with E-state index in [9.17, 15) is 4.21 Å². The third-order valence-electron chi connectivity index (χ3n) is 0. The first-order valence-corrected chi connectivity index (χ1v) is 5.04. The molecule has 7 nitrogen and oxygen atoms in total. The summed E-state index contributed by atoms with van der Waals surface area (Å²) in [5.41, 5.74) is 0. The van der Waals surface area contributed by atoms with Gasteiger partial charge in [0.05, 0.1) is 0 Å². The number of hydrogen-bond donors (Lipinski definition) is 4. The van der Waals surface area contributed by atoms with Crippen molar-refractivity contribution in [2.75, 3.05) is 12.5 Å². The average Bonchev–Trinajstić information content (AvgIpc) is 1.19. The fraction of sp³-hybridized carbons (Fsp3) is 1.00. The first-order valence-electron chi connectivity index (χ1n) is 1.68. The largest absolute Gasteiger partial charge is 0.394 e. The van der Waals surface area contributed by atoms with Gasteiger partial charge in [0.2, 0.25) is 0 Å². The molecule has 9 heteroatoms. The lowest BCUT2D eigenvalue weighted by Crippen LogP contribution is -1.89. The van der Waals surface area contributed by atoms with Gasteiger partial charge in [-0.1, -0.05) is 0 Å². The van der Waals surface area contributed by atoms with E-state index in [2.05, 4.69) is 0 Å². The highest BCUT2D eigenvalue weighted by Crippen LogP contribution is 1.59. The summed E-state index contributed by atoms with van der Waals surface area (Å²) in [5.74, 6) is 0. The summed E-state index contributed by atoms with van der Waals surface area (Å²) in [6.45, 7) is 0. The number of hydrogen-bond acceptors (Lipinski definition) is 5. The fourth-order valence-corrected chi connectivity index (χ4v) is 0. The molecule has 0 unspecified atom stereocenters. The van der Waals surface area contributed by atoms with Crippen molar-refractivity contribution in [2.45, 2.75) is 0 Å². The molecule has 0 fully saturated rings. The average molecular weight is 210 g/mol. The van der Waals surface area contributed by atoms with Crippen molar-refractivity contribution in [1.82, 2.24) is 12.3 Å². The van der Waals surface area contributed by atoms with Crippen LogP contribution in [0.1, 0.15) is 0 Å². The zero-order valence-electron chi connectivity index (χ0n) is 6.35. The van der Waals surface area contributed by atoms with Gasteiger partial charge in [-0.2, -0.15) is 8.42 Å². The second-order valence-corrected chi connectivity index (χ2v) is 3.57. The van der Waals surface area contributed by atoms with Gasteiger partial charge >= 0.3 is 10.4 Å². The molecular weight excluding hydrogens is 196 g/mol. The maximum atomic E-state index is 9.56. The minimum absolute atomic E-state index is 0. The Bertz CT molecular complexity index is 163. The first kappa shape index (κ1) is 22.4. The summed E-state index contributed by atoms with van der Waals surface area (Å²) in [6, 6.07) is 0. The highest BCUT2D eigenvalue weighted by atomic mass is 32.3. The van der Waals surface area contributed by atoms with Crippen molar-refractivity contribution >= 4 is 21.2 Å². The van der Waals surface area contributed by atoms with Crippen molar-refractivity contribution in [3.05, 3.63) is 0 Å². The lowest BCUT2D eigenvalue weighted by molar-refractivity contribution is 0.381. The van der Waals surface area contributed by atoms with Crippen LogP contribution in [0.25, 0.3) is 0 Å². The van der Waals surface area contributed by atoms with Crippen LogP contribution < -0.4 is 12.3 Å².